The van der Waals surface area contributed by atoms with Crippen LogP contribution >= 0.6 is 0 Å². The maximum atomic E-state index is 5.05. The fraction of sp³-hybridized carbons (Fsp3) is 0.262. The molecule has 13 aromatic rings. The zero-order valence-electron chi connectivity index (χ0n) is 59.9. The van der Waals surface area contributed by atoms with E-state index in [4.69, 9.17) is 15.0 Å². The van der Waals surface area contributed by atoms with E-state index in [0.29, 0.717) is 17.8 Å². The number of pyridine rings is 4. The van der Waals surface area contributed by atoms with E-state index in [1.807, 2.05) is 57.1 Å². The lowest BCUT2D eigenvalue weighted by Gasteiger charge is -2.20. The Labute approximate surface area is 569 Å². The monoisotopic (exact) mass is 1270 g/mol. The van der Waals surface area contributed by atoms with Gasteiger partial charge >= 0.3 is 0 Å². The molecule has 0 aliphatic heterocycles. The Hall–Kier alpha value is -10.5. The van der Waals surface area contributed by atoms with E-state index < -0.39 is 0 Å². The molecule has 0 N–H and O–H groups in total. The summed E-state index contributed by atoms with van der Waals surface area (Å²) < 4.78 is 16.9. The largest absolute Gasteiger partial charge is 0.262 e. The molecule has 0 unspecified atom stereocenters. The van der Waals surface area contributed by atoms with Crippen molar-refractivity contribution >= 4 is 0 Å². The van der Waals surface area contributed by atoms with Gasteiger partial charge in [0.15, 0.2) is 46.8 Å². The minimum atomic E-state index is 0.466. The molecule has 0 saturated carbocycles. The number of aryl methyl sites for hydroxylation is 13. The van der Waals surface area contributed by atoms with Crippen molar-refractivity contribution in [2.75, 3.05) is 0 Å². The lowest BCUT2D eigenvalue weighted by Crippen LogP contribution is -2.37. The zero-order chi connectivity index (χ0) is 68.6. The number of hydrogen-bond donors (Lipinski definition) is 0. The molecule has 0 spiro atoms. The lowest BCUT2D eigenvalue weighted by atomic mass is 9.86. The molecule has 13 rings (SSSR count). The quantitative estimate of drug-likeness (QED) is 0.114. The van der Waals surface area contributed by atoms with Gasteiger partial charge in [-0.1, -0.05) is 157 Å². The third-order valence-corrected chi connectivity index (χ3v) is 18.1. The fourth-order valence-corrected chi connectivity index (χ4v) is 13.3. The van der Waals surface area contributed by atoms with Gasteiger partial charge in [0.2, 0.25) is 6.20 Å². The van der Waals surface area contributed by atoms with Gasteiger partial charge in [0.1, 0.15) is 22.7 Å². The second kappa shape index (κ2) is 29.9. The molecule has 0 saturated heterocycles. The predicted molar refractivity (Wildman–Crippen MR) is 391 cm³/mol. The highest BCUT2D eigenvalue weighted by atomic mass is 15.4. The standard InChI is InChI=1S/C28H24N3.C23H30N3.C19H22N3.C14H20N3/c1-21-16-17-29-18-27(21)31-20-24(19-30(31)2)28-25(22-10-5-3-6-11-22)14-9-15-26(28)23-12-7-4-8-13-23;1-15(2)19-10-8-11-20(16(3)4)22(19)21-14-17(5)23(18(6)24-21)26-13-9-12-25(26)7;1-13-8-6-9-14(2)18(13)17-12-15(3)19(16(4)20-17)22-11-7-10-21(22)5;1-10(2)13-9-11(3)14(12(4)15-13)17-8-6-7-16(17)5/h3-20H,1-2H3;8-16H,1-7H3;6-12H,1-5H3;6-10H,1-5H3/q4*+1. The molecule has 0 amide bonds. The van der Waals surface area contributed by atoms with E-state index in [-0.39, 0.29) is 0 Å². The molecule has 488 valence electrons. The van der Waals surface area contributed by atoms with Crippen LogP contribution < -0.4 is 18.7 Å². The van der Waals surface area contributed by atoms with Gasteiger partial charge < -0.3 is 0 Å². The molecule has 8 heterocycles. The topological polar surface area (TPSA) is 86.8 Å². The van der Waals surface area contributed by atoms with Crippen molar-refractivity contribution in [3.8, 4) is 78.6 Å². The van der Waals surface area contributed by atoms with E-state index in [0.717, 1.165) is 45.5 Å². The van der Waals surface area contributed by atoms with Crippen LogP contribution in [0.1, 0.15) is 127 Å². The first-order valence-electron chi connectivity index (χ1n) is 33.5. The molecule has 5 aromatic carbocycles. The molecular weight excluding hydrogens is 1180 g/mol. The summed E-state index contributed by atoms with van der Waals surface area (Å²) in [4.78, 5) is 19.0. The highest BCUT2D eigenvalue weighted by Gasteiger charge is 2.24. The fourth-order valence-electron chi connectivity index (χ4n) is 13.3. The second-order valence-electron chi connectivity index (χ2n) is 26.3. The Bertz CT molecular complexity index is 4670. The van der Waals surface area contributed by atoms with E-state index in [2.05, 4.69) is 337 Å². The summed E-state index contributed by atoms with van der Waals surface area (Å²) in [7, 11) is 8.20. The van der Waals surface area contributed by atoms with Gasteiger partial charge in [-0.3, -0.25) is 19.9 Å². The Morgan fingerprint density at radius 2 is 0.781 bits per heavy atom. The minimum Gasteiger partial charge on any atom is -0.262 e. The van der Waals surface area contributed by atoms with Crippen molar-refractivity contribution < 1.29 is 18.7 Å². The van der Waals surface area contributed by atoms with Crippen LogP contribution in [0.2, 0.25) is 0 Å². The third kappa shape index (κ3) is 14.7. The Kier molecular flexibility index (Phi) is 21.3. The summed E-state index contributed by atoms with van der Waals surface area (Å²) in [5, 5.41) is 0. The molecule has 0 bridgehead atoms. The van der Waals surface area contributed by atoms with Crippen LogP contribution in [0.3, 0.4) is 0 Å². The van der Waals surface area contributed by atoms with Gasteiger partial charge in [-0.25, -0.2) is 0 Å². The molecule has 0 radical (unpaired) electrons. The van der Waals surface area contributed by atoms with Crippen molar-refractivity contribution in [3.05, 3.63) is 287 Å². The average molecular weight is 1270 g/mol. The molecule has 96 heavy (non-hydrogen) atoms. The first-order valence-corrected chi connectivity index (χ1v) is 33.5. The maximum Gasteiger partial charge on any atom is 0.203 e. The normalized spacial score (nSPS) is 11.1. The van der Waals surface area contributed by atoms with E-state index >= 15 is 0 Å². The van der Waals surface area contributed by atoms with Crippen LogP contribution in [-0.2, 0) is 28.2 Å². The van der Waals surface area contributed by atoms with E-state index in [1.165, 1.54) is 100 Å². The van der Waals surface area contributed by atoms with Crippen LogP contribution in [0.5, 0.6) is 0 Å². The Balaban J connectivity index is 0.000000142. The lowest BCUT2D eigenvalue weighted by molar-refractivity contribution is -0.744. The second-order valence-corrected chi connectivity index (χ2v) is 26.3. The van der Waals surface area contributed by atoms with Gasteiger partial charge in [-0.2, -0.15) is 0 Å². The third-order valence-electron chi connectivity index (χ3n) is 18.1. The van der Waals surface area contributed by atoms with Crippen LogP contribution in [-0.4, -0.2) is 38.7 Å². The van der Waals surface area contributed by atoms with Crippen LogP contribution in [0.15, 0.2) is 220 Å². The van der Waals surface area contributed by atoms with Crippen molar-refractivity contribution in [3.63, 3.8) is 0 Å². The molecule has 12 nitrogen and oxygen atoms in total. The molecule has 0 fully saturated rings. The van der Waals surface area contributed by atoms with Crippen molar-refractivity contribution in [2.24, 2.45) is 28.2 Å². The number of nitrogens with zero attached hydrogens (tertiary/aromatic N) is 12. The van der Waals surface area contributed by atoms with Gasteiger partial charge in [0.25, 0.3) is 0 Å². The summed E-state index contributed by atoms with van der Waals surface area (Å²) in [6, 6.07) is 55.7. The van der Waals surface area contributed by atoms with Crippen molar-refractivity contribution in [1.82, 2.24) is 38.7 Å². The number of rotatable bonds is 12. The molecular formula is C84H96N12+4. The first-order chi connectivity index (χ1) is 46.0. The van der Waals surface area contributed by atoms with Crippen molar-refractivity contribution in [1.29, 1.82) is 0 Å². The summed E-state index contributed by atoms with van der Waals surface area (Å²) >= 11 is 0. The maximum absolute atomic E-state index is 5.05. The Morgan fingerprint density at radius 1 is 0.354 bits per heavy atom. The summed E-state index contributed by atoms with van der Waals surface area (Å²) in [5.41, 5.74) is 31.1. The number of aromatic nitrogens is 12. The first kappa shape index (κ1) is 68.4. The van der Waals surface area contributed by atoms with Gasteiger partial charge in [-0.05, 0) is 171 Å². The van der Waals surface area contributed by atoms with Crippen molar-refractivity contribution in [2.45, 2.75) is 122 Å². The number of hydrogen-bond acceptors (Lipinski definition) is 4. The predicted octanol–water partition coefficient (Wildman–Crippen LogP) is 17.3. The molecule has 0 aliphatic rings. The smallest absolute Gasteiger partial charge is 0.203 e. The van der Waals surface area contributed by atoms with Crippen LogP contribution in [0.4, 0.5) is 0 Å². The molecule has 8 aromatic heterocycles. The number of benzene rings is 5. The van der Waals surface area contributed by atoms with Crippen LogP contribution in [0.25, 0.3) is 78.6 Å². The van der Waals surface area contributed by atoms with Crippen LogP contribution in [0, 0.1) is 62.3 Å². The summed E-state index contributed by atoms with van der Waals surface area (Å²) in [6.45, 7) is 32.6. The summed E-state index contributed by atoms with van der Waals surface area (Å²) in [5.74, 6) is 1.40. The van der Waals surface area contributed by atoms with Gasteiger partial charge in [-0.15, -0.1) is 37.5 Å². The van der Waals surface area contributed by atoms with Gasteiger partial charge in [0.05, 0.1) is 65.0 Å². The average Bonchev–Trinajstić information content (AvgIpc) is 1.27. The van der Waals surface area contributed by atoms with Gasteiger partial charge in [0, 0.05) is 46.8 Å². The highest BCUT2D eigenvalue weighted by molar-refractivity contribution is 5.94. The SMILES string of the molecule is Cc1cc(-c2c(C(C)C)cccc2C(C)C)nc(C)c1-n1ccc[n+]1C.Cc1cc(C(C)C)nc(C)c1-n1ccc[n+]1C.Cc1cccc(C)c1-c1cc(C)c(-n2ccc[n+]2C)c(C)n1.Cc1ccncc1-n1cc(-c2c(-c3ccccc3)cccc2-c2ccccc2)c[n+]1C. The highest BCUT2D eigenvalue weighted by Crippen LogP contribution is 2.41. The summed E-state index contributed by atoms with van der Waals surface area (Å²) in [6.07, 6.45) is 20.5. The minimum absolute atomic E-state index is 0.466. The molecule has 0 atom stereocenters. The Morgan fingerprint density at radius 3 is 1.19 bits per heavy atom. The zero-order valence-corrected chi connectivity index (χ0v) is 59.9. The van der Waals surface area contributed by atoms with E-state index in [1.54, 1.807) is 0 Å². The molecule has 12 heteroatoms. The molecule has 0 aliphatic carbocycles. The van der Waals surface area contributed by atoms with E-state index in [9.17, 15) is 0 Å².